The van der Waals surface area contributed by atoms with Crippen molar-refractivity contribution >= 4 is 33.4 Å². The molecule has 0 spiro atoms. The molecule has 0 saturated heterocycles. The van der Waals surface area contributed by atoms with E-state index in [1.807, 2.05) is 6.08 Å². The summed E-state index contributed by atoms with van der Waals surface area (Å²) in [6.07, 6.45) is 6.82. The van der Waals surface area contributed by atoms with Gasteiger partial charge in [0.25, 0.3) is 0 Å². The lowest BCUT2D eigenvalue weighted by molar-refractivity contribution is 0.476. The first-order valence-corrected chi connectivity index (χ1v) is 7.34. The molecular formula is C16H12N4OS. The maximum Gasteiger partial charge on any atom is 0.144 e. The number of hydrogen-bond acceptors (Lipinski definition) is 6. The molecular weight excluding hydrogens is 296 g/mol. The Labute approximate surface area is 131 Å². The number of nitrogens with one attached hydrogen (secondary N) is 1. The van der Waals surface area contributed by atoms with Gasteiger partial charge in [-0.3, -0.25) is 0 Å². The summed E-state index contributed by atoms with van der Waals surface area (Å²) in [6.45, 7) is 0. The van der Waals surface area contributed by atoms with Crippen molar-refractivity contribution in [3.63, 3.8) is 0 Å². The van der Waals surface area contributed by atoms with Crippen LogP contribution in [0.5, 0.6) is 5.75 Å². The predicted molar refractivity (Wildman–Crippen MR) is 88.8 cm³/mol. The van der Waals surface area contributed by atoms with Gasteiger partial charge >= 0.3 is 0 Å². The molecule has 6 heteroatoms. The summed E-state index contributed by atoms with van der Waals surface area (Å²) in [4.78, 5) is 12.7. The van der Waals surface area contributed by atoms with Crippen molar-refractivity contribution in [2.24, 2.45) is 0 Å². The minimum absolute atomic E-state index is 0.245. The van der Waals surface area contributed by atoms with Gasteiger partial charge in [-0.05, 0) is 36.3 Å². The van der Waals surface area contributed by atoms with Crippen molar-refractivity contribution in [2.45, 2.75) is 0 Å². The van der Waals surface area contributed by atoms with Gasteiger partial charge in [-0.15, -0.1) is 11.3 Å². The van der Waals surface area contributed by atoms with Crippen molar-refractivity contribution in [2.75, 3.05) is 12.4 Å². The molecule has 3 rings (SSSR count). The number of hydrogen-bond donors (Lipinski definition) is 2. The quantitative estimate of drug-likeness (QED) is 0.712. The molecule has 22 heavy (non-hydrogen) atoms. The van der Waals surface area contributed by atoms with E-state index >= 15 is 0 Å². The van der Waals surface area contributed by atoms with Crippen LogP contribution in [0.3, 0.4) is 0 Å². The summed E-state index contributed by atoms with van der Waals surface area (Å²) in [6, 6.07) is 5.13. The Morgan fingerprint density at radius 3 is 2.95 bits per heavy atom. The first kappa shape index (κ1) is 14.0. The molecule has 2 aromatic heterocycles. The third-order valence-corrected chi connectivity index (χ3v) is 3.79. The number of benzene rings is 1. The van der Waals surface area contributed by atoms with E-state index in [1.54, 1.807) is 43.7 Å². The second kappa shape index (κ2) is 6.24. The fraction of sp³-hybridized carbons (Fsp3) is 0.0625. The highest BCUT2D eigenvalue weighted by molar-refractivity contribution is 7.19. The van der Waals surface area contributed by atoms with Crippen LogP contribution in [-0.4, -0.2) is 27.1 Å². The van der Waals surface area contributed by atoms with Gasteiger partial charge in [0, 0.05) is 7.05 Å². The molecule has 0 unspecified atom stereocenters. The van der Waals surface area contributed by atoms with Crippen LogP contribution in [0.25, 0.3) is 16.3 Å². The number of aromatic hydroxyl groups is 1. The van der Waals surface area contributed by atoms with E-state index in [4.69, 9.17) is 0 Å². The number of allylic oxidation sites excluding steroid dienone is 1. The van der Waals surface area contributed by atoms with Crippen LogP contribution in [0.2, 0.25) is 0 Å². The molecule has 0 aliphatic carbocycles. The largest absolute Gasteiger partial charge is 0.508 e. The molecule has 0 aliphatic heterocycles. The number of aromatic nitrogens is 3. The van der Waals surface area contributed by atoms with Crippen LogP contribution < -0.4 is 5.32 Å². The molecule has 0 amide bonds. The van der Waals surface area contributed by atoms with Crippen molar-refractivity contribution in [1.82, 2.24) is 15.0 Å². The smallest absolute Gasteiger partial charge is 0.144 e. The number of nitrogens with zero attached hydrogens (tertiary/aromatic N) is 3. The molecule has 1 aromatic carbocycles. The van der Waals surface area contributed by atoms with Crippen LogP contribution in [0.1, 0.15) is 10.7 Å². The molecule has 0 bridgehead atoms. The highest BCUT2D eigenvalue weighted by Gasteiger charge is 2.01. The van der Waals surface area contributed by atoms with Gasteiger partial charge in [0.2, 0.25) is 0 Å². The number of thiazole rings is 1. The van der Waals surface area contributed by atoms with E-state index in [9.17, 15) is 5.11 Å². The normalized spacial score (nSPS) is 10.6. The predicted octanol–water partition coefficient (Wildman–Crippen LogP) is 2.90. The standard InChI is InChI=1S/C16H12N4OS/c1-17-15-10-18-11(9-19-15)4-2-3-5-16-20-13-7-6-12(21)8-14(13)22-16/h3,5-10,21H,1H3,(H,17,19)/b5-3+. The van der Waals surface area contributed by atoms with E-state index in [2.05, 4.69) is 32.1 Å². The molecule has 0 saturated carbocycles. The number of fused-ring (bicyclic) bond motifs is 1. The van der Waals surface area contributed by atoms with E-state index in [1.165, 1.54) is 11.3 Å². The van der Waals surface area contributed by atoms with Gasteiger partial charge < -0.3 is 10.4 Å². The van der Waals surface area contributed by atoms with Crippen molar-refractivity contribution in [1.29, 1.82) is 0 Å². The topological polar surface area (TPSA) is 70.9 Å². The minimum atomic E-state index is 0.245. The molecule has 108 valence electrons. The Morgan fingerprint density at radius 1 is 1.27 bits per heavy atom. The summed E-state index contributed by atoms with van der Waals surface area (Å²) in [5.74, 6) is 6.77. The number of rotatable bonds is 2. The molecule has 3 aromatic rings. The molecule has 2 heterocycles. The van der Waals surface area contributed by atoms with Crippen LogP contribution in [0, 0.1) is 11.8 Å². The Morgan fingerprint density at radius 2 is 2.18 bits per heavy atom. The Bertz CT molecular complexity index is 888. The second-order valence-corrected chi connectivity index (χ2v) is 5.41. The molecule has 5 nitrogen and oxygen atoms in total. The van der Waals surface area contributed by atoms with Crippen LogP contribution >= 0.6 is 11.3 Å². The molecule has 0 aliphatic rings. The van der Waals surface area contributed by atoms with Gasteiger partial charge in [0.1, 0.15) is 22.3 Å². The fourth-order valence-corrected chi connectivity index (χ4v) is 2.66. The fourth-order valence-electron chi connectivity index (χ4n) is 1.75. The third-order valence-electron chi connectivity index (χ3n) is 2.81. The van der Waals surface area contributed by atoms with Crippen molar-refractivity contribution < 1.29 is 5.11 Å². The minimum Gasteiger partial charge on any atom is -0.508 e. The SMILES string of the molecule is CNc1cnc(C#C/C=C/c2nc3ccc(O)cc3s2)cn1. The lowest BCUT2D eigenvalue weighted by Gasteiger charge is -1.95. The molecule has 0 fully saturated rings. The highest BCUT2D eigenvalue weighted by atomic mass is 32.1. The summed E-state index contributed by atoms with van der Waals surface area (Å²) >= 11 is 1.50. The maximum absolute atomic E-state index is 9.44. The van der Waals surface area contributed by atoms with Gasteiger partial charge in [-0.25, -0.2) is 15.0 Å². The summed E-state index contributed by atoms with van der Waals surface area (Å²) in [5, 5.41) is 13.2. The number of phenolic OH excluding ortho intramolecular Hbond substituents is 1. The summed E-state index contributed by atoms with van der Waals surface area (Å²) < 4.78 is 0.945. The van der Waals surface area contributed by atoms with Gasteiger partial charge in [0.05, 0.1) is 22.6 Å². The number of anilines is 1. The second-order valence-electron chi connectivity index (χ2n) is 4.34. The average molecular weight is 308 g/mol. The Balaban J connectivity index is 1.74. The summed E-state index contributed by atoms with van der Waals surface area (Å²) in [7, 11) is 1.79. The third kappa shape index (κ3) is 3.22. The molecule has 0 radical (unpaired) electrons. The molecule has 0 atom stereocenters. The molecule has 2 N–H and O–H groups in total. The zero-order chi connectivity index (χ0) is 15.4. The van der Waals surface area contributed by atoms with Crippen LogP contribution in [-0.2, 0) is 0 Å². The van der Waals surface area contributed by atoms with E-state index in [0.717, 1.165) is 15.2 Å². The van der Waals surface area contributed by atoms with Crippen LogP contribution in [0.4, 0.5) is 5.82 Å². The Kier molecular flexibility index (Phi) is 3.99. The lowest BCUT2D eigenvalue weighted by Crippen LogP contribution is -1.93. The lowest BCUT2D eigenvalue weighted by atomic mass is 10.3. The van der Waals surface area contributed by atoms with Gasteiger partial charge in [-0.2, -0.15) is 0 Å². The highest BCUT2D eigenvalue weighted by Crippen LogP contribution is 2.26. The van der Waals surface area contributed by atoms with Gasteiger partial charge in [-0.1, -0.05) is 5.92 Å². The van der Waals surface area contributed by atoms with Crippen LogP contribution in [0.15, 0.2) is 36.7 Å². The van der Waals surface area contributed by atoms with Crippen molar-refractivity contribution in [3.05, 3.63) is 47.4 Å². The van der Waals surface area contributed by atoms with Crippen molar-refractivity contribution in [3.8, 4) is 17.6 Å². The Hall–Kier alpha value is -2.91. The number of phenols is 1. The average Bonchev–Trinajstić information content (AvgIpc) is 2.94. The first-order valence-electron chi connectivity index (χ1n) is 6.52. The first-order chi connectivity index (χ1) is 10.7. The summed E-state index contributed by atoms with van der Waals surface area (Å²) in [5.41, 5.74) is 1.47. The van der Waals surface area contributed by atoms with E-state index in [0.29, 0.717) is 11.5 Å². The van der Waals surface area contributed by atoms with E-state index in [-0.39, 0.29) is 5.75 Å². The monoisotopic (exact) mass is 308 g/mol. The zero-order valence-electron chi connectivity index (χ0n) is 11.7. The zero-order valence-corrected chi connectivity index (χ0v) is 12.6. The maximum atomic E-state index is 9.44. The van der Waals surface area contributed by atoms with E-state index < -0.39 is 0 Å². The van der Waals surface area contributed by atoms with Gasteiger partial charge in [0.15, 0.2) is 0 Å².